The first kappa shape index (κ1) is 15.0. The molecule has 20 heavy (non-hydrogen) atoms. The van der Waals surface area contributed by atoms with Gasteiger partial charge < -0.3 is 10.2 Å². The number of amides is 1. The van der Waals surface area contributed by atoms with E-state index in [4.69, 9.17) is 0 Å². The fraction of sp³-hybridized carbons (Fsp3) is 0.562. The molecular weight excluding hydrogens is 255 g/mol. The highest BCUT2D eigenvalue weighted by Gasteiger charge is 2.16. The predicted octanol–water partition coefficient (Wildman–Crippen LogP) is 2.56. The van der Waals surface area contributed by atoms with Crippen LogP contribution < -0.4 is 5.32 Å². The molecule has 2 rings (SSSR count). The molecule has 1 aromatic rings. The summed E-state index contributed by atoms with van der Waals surface area (Å²) in [5.41, 5.74) is 0.923. The third kappa shape index (κ3) is 4.93. The SMILES string of the molecule is CC1CCCN(CCC(=O)NCc2ccc(F)cc2)C1. The fourth-order valence-corrected chi connectivity index (χ4v) is 2.64. The smallest absolute Gasteiger partial charge is 0.221 e. The zero-order valence-electron chi connectivity index (χ0n) is 12.1. The maximum Gasteiger partial charge on any atom is 0.221 e. The lowest BCUT2D eigenvalue weighted by atomic mass is 10.0. The van der Waals surface area contributed by atoms with E-state index in [1.807, 2.05) is 0 Å². The highest BCUT2D eigenvalue weighted by Crippen LogP contribution is 2.15. The lowest BCUT2D eigenvalue weighted by molar-refractivity contribution is -0.121. The van der Waals surface area contributed by atoms with Crippen molar-refractivity contribution in [3.63, 3.8) is 0 Å². The Morgan fingerprint density at radius 1 is 1.40 bits per heavy atom. The van der Waals surface area contributed by atoms with Gasteiger partial charge in [0.2, 0.25) is 5.91 Å². The summed E-state index contributed by atoms with van der Waals surface area (Å²) >= 11 is 0. The van der Waals surface area contributed by atoms with Crippen LogP contribution in [0, 0.1) is 11.7 Å². The number of nitrogens with zero attached hydrogens (tertiary/aromatic N) is 1. The Morgan fingerprint density at radius 3 is 2.85 bits per heavy atom. The average molecular weight is 278 g/mol. The van der Waals surface area contributed by atoms with Crippen molar-refractivity contribution >= 4 is 5.91 Å². The van der Waals surface area contributed by atoms with Crippen molar-refractivity contribution in [3.8, 4) is 0 Å². The Kier molecular flexibility index (Phi) is 5.53. The second-order valence-electron chi connectivity index (χ2n) is 5.70. The second-order valence-corrected chi connectivity index (χ2v) is 5.70. The summed E-state index contributed by atoms with van der Waals surface area (Å²) in [7, 11) is 0. The number of carbonyl (C=O) groups is 1. The Morgan fingerprint density at radius 2 is 2.15 bits per heavy atom. The van der Waals surface area contributed by atoms with Gasteiger partial charge in [-0.1, -0.05) is 19.1 Å². The normalized spacial score (nSPS) is 19.8. The van der Waals surface area contributed by atoms with E-state index in [0.717, 1.165) is 31.1 Å². The van der Waals surface area contributed by atoms with Gasteiger partial charge in [0.25, 0.3) is 0 Å². The summed E-state index contributed by atoms with van der Waals surface area (Å²) in [6, 6.07) is 6.22. The number of piperidine rings is 1. The Hall–Kier alpha value is -1.42. The lowest BCUT2D eigenvalue weighted by Gasteiger charge is -2.30. The van der Waals surface area contributed by atoms with Crippen LogP contribution in [-0.2, 0) is 11.3 Å². The van der Waals surface area contributed by atoms with Gasteiger partial charge in [-0.25, -0.2) is 4.39 Å². The van der Waals surface area contributed by atoms with Gasteiger partial charge in [-0.2, -0.15) is 0 Å². The minimum Gasteiger partial charge on any atom is -0.352 e. The molecule has 1 saturated heterocycles. The number of rotatable bonds is 5. The summed E-state index contributed by atoms with van der Waals surface area (Å²) in [6.45, 7) is 5.77. The summed E-state index contributed by atoms with van der Waals surface area (Å²) < 4.78 is 12.8. The average Bonchev–Trinajstić information content (AvgIpc) is 2.45. The van der Waals surface area contributed by atoms with Crippen molar-refractivity contribution in [1.29, 1.82) is 0 Å². The zero-order chi connectivity index (χ0) is 14.4. The van der Waals surface area contributed by atoms with Crippen LogP contribution in [0.5, 0.6) is 0 Å². The molecule has 0 aromatic heterocycles. The third-order valence-corrected chi connectivity index (χ3v) is 3.80. The molecule has 0 radical (unpaired) electrons. The van der Waals surface area contributed by atoms with E-state index < -0.39 is 0 Å². The van der Waals surface area contributed by atoms with Crippen LogP contribution in [0.25, 0.3) is 0 Å². The molecule has 1 aromatic carbocycles. The summed E-state index contributed by atoms with van der Waals surface area (Å²) in [4.78, 5) is 14.2. The predicted molar refractivity (Wildman–Crippen MR) is 77.7 cm³/mol. The van der Waals surface area contributed by atoms with Crippen molar-refractivity contribution in [2.45, 2.75) is 32.7 Å². The van der Waals surface area contributed by atoms with Gasteiger partial charge in [0, 0.05) is 26.1 Å². The minimum absolute atomic E-state index is 0.0625. The molecule has 0 bridgehead atoms. The van der Waals surface area contributed by atoms with Crippen LogP contribution in [0.3, 0.4) is 0 Å². The van der Waals surface area contributed by atoms with Gasteiger partial charge in [-0.3, -0.25) is 4.79 Å². The number of nitrogens with one attached hydrogen (secondary N) is 1. The molecular formula is C16H23FN2O. The maximum absolute atomic E-state index is 12.8. The minimum atomic E-state index is -0.251. The molecule has 3 nitrogen and oxygen atoms in total. The van der Waals surface area contributed by atoms with Gasteiger partial charge in [0.1, 0.15) is 5.82 Å². The number of hydrogen-bond acceptors (Lipinski definition) is 2. The molecule has 4 heteroatoms. The van der Waals surface area contributed by atoms with Gasteiger partial charge in [-0.05, 0) is 43.0 Å². The number of benzene rings is 1. The van der Waals surface area contributed by atoms with E-state index in [2.05, 4.69) is 17.1 Å². The molecule has 0 aliphatic carbocycles. The van der Waals surface area contributed by atoms with Crippen molar-refractivity contribution < 1.29 is 9.18 Å². The fourth-order valence-electron chi connectivity index (χ4n) is 2.64. The first-order valence-corrected chi connectivity index (χ1v) is 7.37. The molecule has 1 unspecified atom stereocenters. The summed E-state index contributed by atoms with van der Waals surface area (Å²) in [5.74, 6) is 0.554. The van der Waals surface area contributed by atoms with Crippen LogP contribution in [0.15, 0.2) is 24.3 Å². The molecule has 1 aliphatic rings. The highest BCUT2D eigenvalue weighted by molar-refractivity contribution is 5.76. The van der Waals surface area contributed by atoms with E-state index >= 15 is 0 Å². The van der Waals surface area contributed by atoms with Gasteiger partial charge >= 0.3 is 0 Å². The molecule has 1 atom stereocenters. The van der Waals surface area contributed by atoms with E-state index in [1.54, 1.807) is 12.1 Å². The Labute approximate surface area is 120 Å². The molecule has 0 spiro atoms. The maximum atomic E-state index is 12.8. The molecule has 1 heterocycles. The lowest BCUT2D eigenvalue weighted by Crippen LogP contribution is -2.37. The van der Waals surface area contributed by atoms with Crippen LogP contribution in [0.4, 0.5) is 4.39 Å². The van der Waals surface area contributed by atoms with Crippen LogP contribution in [0.2, 0.25) is 0 Å². The van der Waals surface area contributed by atoms with Crippen molar-refractivity contribution in [2.75, 3.05) is 19.6 Å². The van der Waals surface area contributed by atoms with Crippen molar-refractivity contribution in [2.24, 2.45) is 5.92 Å². The van der Waals surface area contributed by atoms with Gasteiger partial charge in [-0.15, -0.1) is 0 Å². The topological polar surface area (TPSA) is 32.3 Å². The highest BCUT2D eigenvalue weighted by atomic mass is 19.1. The summed E-state index contributed by atoms with van der Waals surface area (Å²) in [6.07, 6.45) is 3.07. The largest absolute Gasteiger partial charge is 0.352 e. The standard InChI is InChI=1S/C16H23FN2O/c1-13-3-2-9-19(12-13)10-8-16(20)18-11-14-4-6-15(17)7-5-14/h4-7,13H,2-3,8-12H2,1H3,(H,18,20). The number of likely N-dealkylation sites (tertiary alicyclic amines) is 1. The van der Waals surface area contributed by atoms with E-state index in [1.165, 1.54) is 25.0 Å². The quantitative estimate of drug-likeness (QED) is 0.898. The van der Waals surface area contributed by atoms with Crippen LogP contribution in [0.1, 0.15) is 31.7 Å². The first-order chi connectivity index (χ1) is 9.63. The molecule has 1 aliphatic heterocycles. The van der Waals surface area contributed by atoms with E-state index in [9.17, 15) is 9.18 Å². The van der Waals surface area contributed by atoms with Gasteiger partial charge in [0.05, 0.1) is 0 Å². The zero-order valence-corrected chi connectivity index (χ0v) is 12.1. The first-order valence-electron chi connectivity index (χ1n) is 7.37. The third-order valence-electron chi connectivity index (χ3n) is 3.80. The number of hydrogen-bond donors (Lipinski definition) is 1. The number of halogens is 1. The Bertz CT molecular complexity index is 433. The molecule has 1 amide bonds. The number of carbonyl (C=O) groups excluding carboxylic acids is 1. The molecule has 110 valence electrons. The second kappa shape index (κ2) is 7.39. The monoisotopic (exact) mass is 278 g/mol. The summed E-state index contributed by atoms with van der Waals surface area (Å²) in [5, 5.41) is 2.88. The molecule has 0 saturated carbocycles. The van der Waals surface area contributed by atoms with E-state index in [0.29, 0.717) is 13.0 Å². The molecule has 1 fully saturated rings. The Balaban J connectivity index is 1.66. The van der Waals surface area contributed by atoms with Crippen molar-refractivity contribution in [3.05, 3.63) is 35.6 Å². The molecule has 1 N–H and O–H groups in total. The van der Waals surface area contributed by atoms with Gasteiger partial charge in [0.15, 0.2) is 0 Å². The van der Waals surface area contributed by atoms with Crippen molar-refractivity contribution in [1.82, 2.24) is 10.2 Å². The van der Waals surface area contributed by atoms with E-state index in [-0.39, 0.29) is 11.7 Å². The van der Waals surface area contributed by atoms with Crippen LogP contribution in [-0.4, -0.2) is 30.4 Å². The van der Waals surface area contributed by atoms with Crippen LogP contribution >= 0.6 is 0 Å².